The third-order valence-corrected chi connectivity index (χ3v) is 5.92. The van der Waals surface area contributed by atoms with Gasteiger partial charge in [-0.3, -0.25) is 9.52 Å². The quantitative estimate of drug-likeness (QED) is 0.759. The zero-order valence-electron chi connectivity index (χ0n) is 15.1. The van der Waals surface area contributed by atoms with E-state index in [0.29, 0.717) is 18.7 Å². The van der Waals surface area contributed by atoms with E-state index in [1.54, 1.807) is 30.0 Å². The summed E-state index contributed by atoms with van der Waals surface area (Å²) in [4.78, 5) is 28.5. The topological polar surface area (TPSA) is 109 Å². The molecule has 2 aromatic rings. The summed E-state index contributed by atoms with van der Waals surface area (Å²) in [7, 11) is -2.66. The standard InChI is InChI=1S/C18H21N3O5S/c1-12-14(18(23)26-2)6-5-7-15(12)20-27(24,25)13-10-16(19-11-13)17(22)21-8-3-4-9-21/h5-7,10-11,19-20H,3-4,8-9H2,1-2H3. The maximum absolute atomic E-state index is 12.7. The average molecular weight is 391 g/mol. The van der Waals surface area contributed by atoms with E-state index in [4.69, 9.17) is 4.74 Å². The molecule has 3 rings (SSSR count). The summed E-state index contributed by atoms with van der Waals surface area (Å²) < 4.78 is 32.5. The van der Waals surface area contributed by atoms with Crippen LogP contribution in [0.15, 0.2) is 35.4 Å². The van der Waals surface area contributed by atoms with Gasteiger partial charge in [0.1, 0.15) is 10.6 Å². The lowest BCUT2D eigenvalue weighted by Crippen LogP contribution is -2.27. The van der Waals surface area contributed by atoms with Gasteiger partial charge in [-0.25, -0.2) is 13.2 Å². The number of amides is 1. The Kier molecular flexibility index (Phi) is 5.22. The molecule has 1 fully saturated rings. The highest BCUT2D eigenvalue weighted by molar-refractivity contribution is 7.92. The number of anilines is 1. The number of aromatic amines is 1. The summed E-state index contributed by atoms with van der Waals surface area (Å²) in [5, 5.41) is 0. The molecule has 1 aliphatic heterocycles. The number of sulfonamides is 1. The van der Waals surface area contributed by atoms with Gasteiger partial charge in [-0.05, 0) is 43.5 Å². The Bertz CT molecular complexity index is 975. The van der Waals surface area contributed by atoms with Crippen LogP contribution in [0.1, 0.15) is 39.3 Å². The van der Waals surface area contributed by atoms with Crippen LogP contribution in [0.4, 0.5) is 5.69 Å². The van der Waals surface area contributed by atoms with Crippen LogP contribution in [-0.2, 0) is 14.8 Å². The maximum atomic E-state index is 12.7. The number of hydrogen-bond donors (Lipinski definition) is 2. The molecule has 144 valence electrons. The molecule has 2 heterocycles. The van der Waals surface area contributed by atoms with Crippen molar-refractivity contribution in [1.29, 1.82) is 0 Å². The zero-order valence-corrected chi connectivity index (χ0v) is 15.9. The molecule has 2 N–H and O–H groups in total. The van der Waals surface area contributed by atoms with Gasteiger partial charge < -0.3 is 14.6 Å². The second kappa shape index (κ2) is 7.43. The largest absolute Gasteiger partial charge is 0.465 e. The fraction of sp³-hybridized carbons (Fsp3) is 0.333. The van der Waals surface area contributed by atoms with Crippen LogP contribution in [0.5, 0.6) is 0 Å². The zero-order chi connectivity index (χ0) is 19.6. The van der Waals surface area contributed by atoms with Gasteiger partial charge in [-0.2, -0.15) is 0 Å². The van der Waals surface area contributed by atoms with Gasteiger partial charge in [0.25, 0.3) is 15.9 Å². The van der Waals surface area contributed by atoms with Crippen LogP contribution >= 0.6 is 0 Å². The Morgan fingerprint density at radius 2 is 1.93 bits per heavy atom. The highest BCUT2D eigenvalue weighted by Crippen LogP contribution is 2.24. The van der Waals surface area contributed by atoms with E-state index < -0.39 is 16.0 Å². The van der Waals surface area contributed by atoms with Gasteiger partial charge >= 0.3 is 5.97 Å². The second-order valence-electron chi connectivity index (χ2n) is 6.32. The molecule has 27 heavy (non-hydrogen) atoms. The minimum Gasteiger partial charge on any atom is -0.465 e. The van der Waals surface area contributed by atoms with Crippen molar-refractivity contribution in [3.05, 3.63) is 47.3 Å². The average Bonchev–Trinajstić information content (AvgIpc) is 3.34. The molecule has 0 radical (unpaired) electrons. The van der Waals surface area contributed by atoms with Gasteiger partial charge in [0.2, 0.25) is 0 Å². The van der Waals surface area contributed by atoms with Gasteiger partial charge in [-0.1, -0.05) is 6.07 Å². The van der Waals surface area contributed by atoms with E-state index in [9.17, 15) is 18.0 Å². The molecule has 0 saturated carbocycles. The van der Waals surface area contributed by atoms with Crippen molar-refractivity contribution in [3.8, 4) is 0 Å². The number of ether oxygens (including phenoxy) is 1. The molecule has 1 aromatic carbocycles. The number of H-pyrrole nitrogens is 1. The molecule has 0 aliphatic carbocycles. The van der Waals surface area contributed by atoms with E-state index >= 15 is 0 Å². The molecular weight excluding hydrogens is 370 g/mol. The Morgan fingerprint density at radius 3 is 2.59 bits per heavy atom. The number of nitrogens with one attached hydrogen (secondary N) is 2. The van der Waals surface area contributed by atoms with Crippen molar-refractivity contribution in [2.24, 2.45) is 0 Å². The lowest BCUT2D eigenvalue weighted by atomic mass is 10.1. The number of hydrogen-bond acceptors (Lipinski definition) is 5. The number of carbonyl (C=O) groups is 2. The van der Waals surface area contributed by atoms with Crippen molar-refractivity contribution in [1.82, 2.24) is 9.88 Å². The second-order valence-corrected chi connectivity index (χ2v) is 8.01. The third-order valence-electron chi connectivity index (χ3n) is 4.57. The Hall–Kier alpha value is -2.81. The Balaban J connectivity index is 1.84. The maximum Gasteiger partial charge on any atom is 0.338 e. The minimum absolute atomic E-state index is 0.0482. The van der Waals surface area contributed by atoms with Crippen LogP contribution < -0.4 is 4.72 Å². The normalized spacial score (nSPS) is 14.2. The summed E-state index contributed by atoms with van der Waals surface area (Å²) in [6, 6.07) is 6.00. The van der Waals surface area contributed by atoms with Crippen LogP contribution in [-0.4, -0.2) is 50.4 Å². The predicted molar refractivity (Wildman–Crippen MR) is 99.3 cm³/mol. The van der Waals surface area contributed by atoms with Gasteiger partial charge in [0.15, 0.2) is 0 Å². The van der Waals surface area contributed by atoms with Crippen molar-refractivity contribution in [3.63, 3.8) is 0 Å². The van der Waals surface area contributed by atoms with Crippen LogP contribution in [0.3, 0.4) is 0 Å². The number of nitrogens with zero attached hydrogens (tertiary/aromatic N) is 1. The van der Waals surface area contributed by atoms with Crippen LogP contribution in [0.2, 0.25) is 0 Å². The summed E-state index contributed by atoms with van der Waals surface area (Å²) >= 11 is 0. The van der Waals surface area contributed by atoms with Crippen molar-refractivity contribution in [2.75, 3.05) is 24.9 Å². The molecule has 0 bridgehead atoms. The number of rotatable bonds is 5. The van der Waals surface area contributed by atoms with Crippen LogP contribution in [0, 0.1) is 6.92 Å². The number of aromatic nitrogens is 1. The highest BCUT2D eigenvalue weighted by Gasteiger charge is 2.24. The number of carbonyl (C=O) groups excluding carboxylic acids is 2. The molecule has 1 amide bonds. The molecule has 8 nitrogen and oxygen atoms in total. The molecular formula is C18H21N3O5S. The molecule has 1 aliphatic rings. The molecule has 0 spiro atoms. The summed E-state index contributed by atoms with van der Waals surface area (Å²) in [5.74, 6) is -0.758. The highest BCUT2D eigenvalue weighted by atomic mass is 32.2. The molecule has 0 atom stereocenters. The Labute approximate surface area is 157 Å². The lowest BCUT2D eigenvalue weighted by Gasteiger charge is -2.13. The van der Waals surface area contributed by atoms with Gasteiger partial charge in [0.05, 0.1) is 18.4 Å². The first-order chi connectivity index (χ1) is 12.8. The summed E-state index contributed by atoms with van der Waals surface area (Å²) in [5.41, 5.74) is 1.23. The number of methoxy groups -OCH3 is 1. The number of benzene rings is 1. The first-order valence-corrected chi connectivity index (χ1v) is 10.0. The molecule has 9 heteroatoms. The van der Waals surface area contributed by atoms with E-state index in [1.165, 1.54) is 19.4 Å². The van der Waals surface area contributed by atoms with Gasteiger partial charge in [0, 0.05) is 19.3 Å². The third kappa shape index (κ3) is 3.82. The Morgan fingerprint density at radius 1 is 1.22 bits per heavy atom. The van der Waals surface area contributed by atoms with Crippen molar-refractivity contribution in [2.45, 2.75) is 24.7 Å². The molecule has 0 unspecified atom stereocenters. The van der Waals surface area contributed by atoms with Crippen molar-refractivity contribution < 1.29 is 22.7 Å². The summed E-state index contributed by atoms with van der Waals surface area (Å²) in [6.07, 6.45) is 3.19. The monoisotopic (exact) mass is 391 g/mol. The first kappa shape index (κ1) is 19.0. The molecule has 1 aromatic heterocycles. The number of esters is 1. The first-order valence-electron chi connectivity index (χ1n) is 8.52. The van der Waals surface area contributed by atoms with E-state index in [0.717, 1.165) is 12.8 Å². The molecule has 1 saturated heterocycles. The van der Waals surface area contributed by atoms with E-state index in [2.05, 4.69) is 9.71 Å². The predicted octanol–water partition coefficient (Wildman–Crippen LogP) is 2.15. The fourth-order valence-corrected chi connectivity index (χ4v) is 4.14. The minimum atomic E-state index is -3.93. The SMILES string of the molecule is COC(=O)c1cccc(NS(=O)(=O)c2c[nH]c(C(=O)N3CCCC3)c2)c1C. The van der Waals surface area contributed by atoms with Crippen molar-refractivity contribution >= 4 is 27.6 Å². The smallest absolute Gasteiger partial charge is 0.338 e. The fourth-order valence-electron chi connectivity index (χ4n) is 3.02. The van der Waals surface area contributed by atoms with Crippen LogP contribution in [0.25, 0.3) is 0 Å². The van der Waals surface area contributed by atoms with E-state index in [-0.39, 0.29) is 27.7 Å². The summed E-state index contributed by atoms with van der Waals surface area (Å²) in [6.45, 7) is 2.99. The number of likely N-dealkylation sites (tertiary alicyclic amines) is 1. The lowest BCUT2D eigenvalue weighted by molar-refractivity contribution is 0.0599. The van der Waals surface area contributed by atoms with E-state index in [1.807, 2.05) is 0 Å². The van der Waals surface area contributed by atoms with Gasteiger partial charge in [-0.15, -0.1) is 0 Å².